The second kappa shape index (κ2) is 6.10. The Morgan fingerprint density at radius 1 is 1.39 bits per heavy atom. The van der Waals surface area contributed by atoms with Crippen LogP contribution < -0.4 is 0 Å². The normalized spacial score (nSPS) is 21.2. The first-order chi connectivity index (χ1) is 8.61. The SMILES string of the molecule is CCCN1CCOC(c2nc(Cl)c(F)c(Cl)n2)C1. The van der Waals surface area contributed by atoms with E-state index in [4.69, 9.17) is 27.9 Å². The first-order valence-electron chi connectivity index (χ1n) is 5.84. The fourth-order valence-corrected chi connectivity index (χ4v) is 2.33. The van der Waals surface area contributed by atoms with Gasteiger partial charge < -0.3 is 4.74 Å². The van der Waals surface area contributed by atoms with E-state index in [2.05, 4.69) is 21.8 Å². The number of morpholine rings is 1. The predicted molar refractivity (Wildman–Crippen MR) is 67.4 cm³/mol. The van der Waals surface area contributed by atoms with Gasteiger partial charge in [0, 0.05) is 13.1 Å². The molecule has 1 aromatic rings. The van der Waals surface area contributed by atoms with Crippen molar-refractivity contribution in [3.8, 4) is 0 Å². The van der Waals surface area contributed by atoms with Crippen molar-refractivity contribution in [2.45, 2.75) is 19.4 Å². The third kappa shape index (κ3) is 3.09. The molecule has 0 bridgehead atoms. The first kappa shape index (κ1) is 13.9. The molecule has 0 aromatic carbocycles. The molecule has 1 aliphatic rings. The maximum atomic E-state index is 13.2. The molecule has 1 saturated heterocycles. The molecule has 0 aliphatic carbocycles. The Balaban J connectivity index is 2.15. The second-order valence-corrected chi connectivity index (χ2v) is 4.85. The maximum Gasteiger partial charge on any atom is 0.197 e. The van der Waals surface area contributed by atoms with Gasteiger partial charge in [-0.3, -0.25) is 4.90 Å². The van der Waals surface area contributed by atoms with Crippen LogP contribution in [0.1, 0.15) is 25.3 Å². The molecule has 4 nitrogen and oxygen atoms in total. The Bertz CT molecular complexity index is 408. The highest BCUT2D eigenvalue weighted by molar-refractivity contribution is 6.33. The molecule has 0 radical (unpaired) electrons. The lowest BCUT2D eigenvalue weighted by Crippen LogP contribution is -2.39. The van der Waals surface area contributed by atoms with E-state index in [0.717, 1.165) is 19.5 Å². The van der Waals surface area contributed by atoms with Gasteiger partial charge in [0.05, 0.1) is 6.61 Å². The maximum absolute atomic E-state index is 13.2. The molecule has 1 aliphatic heterocycles. The molecule has 0 saturated carbocycles. The van der Waals surface area contributed by atoms with Gasteiger partial charge in [-0.2, -0.15) is 0 Å². The van der Waals surface area contributed by atoms with Gasteiger partial charge in [-0.05, 0) is 13.0 Å². The minimum atomic E-state index is -0.789. The van der Waals surface area contributed by atoms with E-state index >= 15 is 0 Å². The van der Waals surface area contributed by atoms with Crippen molar-refractivity contribution in [1.29, 1.82) is 0 Å². The van der Waals surface area contributed by atoms with Crippen LogP contribution in [0.3, 0.4) is 0 Å². The molecule has 0 spiro atoms. The largest absolute Gasteiger partial charge is 0.368 e. The molecule has 18 heavy (non-hydrogen) atoms. The summed E-state index contributed by atoms with van der Waals surface area (Å²) < 4.78 is 18.8. The lowest BCUT2D eigenvalue weighted by molar-refractivity contribution is -0.0342. The van der Waals surface area contributed by atoms with Crippen molar-refractivity contribution in [1.82, 2.24) is 14.9 Å². The van der Waals surface area contributed by atoms with Gasteiger partial charge in [0.2, 0.25) is 0 Å². The van der Waals surface area contributed by atoms with Gasteiger partial charge in [0.25, 0.3) is 0 Å². The lowest BCUT2D eigenvalue weighted by atomic mass is 10.2. The number of halogens is 3. The van der Waals surface area contributed by atoms with Crippen molar-refractivity contribution in [3.63, 3.8) is 0 Å². The Hall–Kier alpha value is -0.490. The number of aromatic nitrogens is 2. The smallest absolute Gasteiger partial charge is 0.197 e. The Kier molecular flexibility index (Phi) is 4.72. The highest BCUT2D eigenvalue weighted by atomic mass is 35.5. The zero-order valence-corrected chi connectivity index (χ0v) is 11.5. The van der Waals surface area contributed by atoms with Crippen LogP contribution in [0.15, 0.2) is 0 Å². The van der Waals surface area contributed by atoms with Crippen molar-refractivity contribution >= 4 is 23.2 Å². The summed E-state index contributed by atoms with van der Waals surface area (Å²) in [6.07, 6.45) is 0.763. The highest BCUT2D eigenvalue weighted by Crippen LogP contribution is 2.25. The molecular weight excluding hydrogens is 280 g/mol. The molecule has 0 N–H and O–H groups in total. The van der Waals surface area contributed by atoms with E-state index < -0.39 is 5.82 Å². The standard InChI is InChI=1S/C11H14Cl2FN3O/c1-2-3-17-4-5-18-7(6-17)11-15-9(12)8(14)10(13)16-11/h7H,2-6H2,1H3. The van der Waals surface area contributed by atoms with Crippen LogP contribution in [0.25, 0.3) is 0 Å². The average Bonchev–Trinajstić information content (AvgIpc) is 2.36. The van der Waals surface area contributed by atoms with Crippen LogP contribution in [0.2, 0.25) is 10.3 Å². The summed E-state index contributed by atoms with van der Waals surface area (Å²) in [5.74, 6) is -0.449. The van der Waals surface area contributed by atoms with E-state index in [0.29, 0.717) is 19.0 Å². The Morgan fingerprint density at radius 3 is 2.67 bits per heavy atom. The molecule has 7 heteroatoms. The molecular formula is C11H14Cl2FN3O. The van der Waals surface area contributed by atoms with Crippen LogP contribution >= 0.6 is 23.2 Å². The predicted octanol–water partition coefficient (Wildman–Crippen LogP) is 2.71. The van der Waals surface area contributed by atoms with Gasteiger partial charge in [-0.1, -0.05) is 30.1 Å². The molecule has 2 rings (SSSR count). The number of hydrogen-bond acceptors (Lipinski definition) is 4. The summed E-state index contributed by atoms with van der Waals surface area (Å²) in [5.41, 5.74) is 0. The molecule has 1 unspecified atom stereocenters. The van der Waals surface area contributed by atoms with E-state index in [1.165, 1.54) is 0 Å². The van der Waals surface area contributed by atoms with E-state index in [-0.39, 0.29) is 16.4 Å². The highest BCUT2D eigenvalue weighted by Gasteiger charge is 2.25. The Labute approximate surface area is 115 Å². The zero-order chi connectivity index (χ0) is 13.1. The van der Waals surface area contributed by atoms with Gasteiger partial charge in [0.1, 0.15) is 6.10 Å². The quantitative estimate of drug-likeness (QED) is 0.803. The molecule has 0 amide bonds. The summed E-state index contributed by atoms with van der Waals surface area (Å²) in [6.45, 7) is 5.26. The van der Waals surface area contributed by atoms with Crippen LogP contribution in [0.4, 0.5) is 4.39 Å². The van der Waals surface area contributed by atoms with Crippen molar-refractivity contribution in [2.75, 3.05) is 26.2 Å². The number of rotatable bonds is 3. The number of ether oxygens (including phenoxy) is 1. The zero-order valence-electron chi connectivity index (χ0n) is 10.00. The molecule has 1 atom stereocenters. The summed E-state index contributed by atoms with van der Waals surface area (Å²) in [7, 11) is 0. The van der Waals surface area contributed by atoms with Gasteiger partial charge in [-0.15, -0.1) is 0 Å². The van der Waals surface area contributed by atoms with Crippen LogP contribution in [-0.2, 0) is 4.74 Å². The summed E-state index contributed by atoms with van der Waals surface area (Å²) in [4.78, 5) is 10.0. The minimum absolute atomic E-state index is 0.263. The summed E-state index contributed by atoms with van der Waals surface area (Å²) in [6, 6.07) is 0. The molecule has 1 fully saturated rings. The first-order valence-corrected chi connectivity index (χ1v) is 6.59. The third-order valence-corrected chi connectivity index (χ3v) is 3.27. The van der Waals surface area contributed by atoms with Gasteiger partial charge in [0.15, 0.2) is 21.9 Å². The summed E-state index contributed by atoms with van der Waals surface area (Å²) in [5, 5.41) is -0.526. The van der Waals surface area contributed by atoms with E-state index in [1.54, 1.807) is 0 Å². The molecule has 2 heterocycles. The van der Waals surface area contributed by atoms with E-state index in [9.17, 15) is 4.39 Å². The number of nitrogens with zero attached hydrogens (tertiary/aromatic N) is 3. The molecule has 100 valence electrons. The lowest BCUT2D eigenvalue weighted by Gasteiger charge is -2.31. The van der Waals surface area contributed by atoms with Crippen molar-refractivity contribution in [2.24, 2.45) is 0 Å². The third-order valence-electron chi connectivity index (χ3n) is 2.77. The Morgan fingerprint density at radius 2 is 2.06 bits per heavy atom. The topological polar surface area (TPSA) is 38.2 Å². The van der Waals surface area contributed by atoms with Crippen LogP contribution in [0, 0.1) is 5.82 Å². The minimum Gasteiger partial charge on any atom is -0.368 e. The molecule has 1 aromatic heterocycles. The van der Waals surface area contributed by atoms with Crippen molar-refractivity contribution < 1.29 is 9.13 Å². The van der Waals surface area contributed by atoms with Crippen LogP contribution in [-0.4, -0.2) is 41.1 Å². The summed E-state index contributed by atoms with van der Waals surface area (Å²) >= 11 is 11.3. The fraction of sp³-hybridized carbons (Fsp3) is 0.636. The average molecular weight is 294 g/mol. The van der Waals surface area contributed by atoms with Gasteiger partial charge >= 0.3 is 0 Å². The van der Waals surface area contributed by atoms with E-state index in [1.807, 2.05) is 0 Å². The monoisotopic (exact) mass is 293 g/mol. The second-order valence-electron chi connectivity index (χ2n) is 4.14. The van der Waals surface area contributed by atoms with Gasteiger partial charge in [-0.25, -0.2) is 14.4 Å². The fourth-order valence-electron chi connectivity index (χ4n) is 1.93. The van der Waals surface area contributed by atoms with Crippen LogP contribution in [0.5, 0.6) is 0 Å². The van der Waals surface area contributed by atoms with Crippen molar-refractivity contribution in [3.05, 3.63) is 21.9 Å². The number of hydrogen-bond donors (Lipinski definition) is 0.